The van der Waals surface area contributed by atoms with Gasteiger partial charge in [-0.1, -0.05) is 72.8 Å². The molecule has 1 N–H and O–H groups in total. The summed E-state index contributed by atoms with van der Waals surface area (Å²) in [6, 6.07) is 31.7. The molecule has 0 fully saturated rings. The maximum atomic E-state index is 6.12. The van der Waals surface area contributed by atoms with Crippen molar-refractivity contribution in [1.29, 1.82) is 0 Å². The molecule has 4 aromatic rings. The third-order valence-electron chi connectivity index (χ3n) is 7.44. The normalized spacial score (nSPS) is 19.4. The molecule has 0 saturated carbocycles. The van der Waals surface area contributed by atoms with Crippen LogP contribution < -0.4 is 14.8 Å². The van der Waals surface area contributed by atoms with Crippen LogP contribution in [0.5, 0.6) is 11.5 Å². The number of para-hydroxylation sites is 1. The molecule has 4 aromatic carbocycles. The molecule has 0 saturated heterocycles. The van der Waals surface area contributed by atoms with E-state index in [1.807, 2.05) is 55.6 Å². The first kappa shape index (κ1) is 25.4. The zero-order valence-corrected chi connectivity index (χ0v) is 23.5. The van der Waals surface area contributed by atoms with Crippen molar-refractivity contribution in [2.24, 2.45) is 10.9 Å². The van der Waals surface area contributed by atoms with Crippen LogP contribution in [-0.4, -0.2) is 12.8 Å². The molecule has 0 aromatic heterocycles. The molecule has 0 radical (unpaired) electrons. The van der Waals surface area contributed by atoms with Gasteiger partial charge in [0.15, 0.2) is 11.5 Å². The number of aliphatic imine (C=N–C) groups is 1. The number of allylic oxidation sites excluding steroid dienone is 2. The predicted octanol–water partition coefficient (Wildman–Crippen LogP) is 9.00. The number of fused-ring (bicyclic) bond motifs is 3. The van der Waals surface area contributed by atoms with Crippen LogP contribution in [0.1, 0.15) is 47.6 Å². The first-order valence-electron chi connectivity index (χ1n) is 13.5. The van der Waals surface area contributed by atoms with Crippen LogP contribution in [-0.2, 0) is 6.61 Å². The van der Waals surface area contributed by atoms with Crippen LogP contribution in [0.25, 0.3) is 0 Å². The molecule has 3 atom stereocenters. The number of benzene rings is 4. The minimum Gasteiger partial charge on any atom is -0.490 e. The molecule has 1 aliphatic heterocycles. The summed E-state index contributed by atoms with van der Waals surface area (Å²) >= 11 is 3.68. The van der Waals surface area contributed by atoms with Crippen LogP contribution in [0.15, 0.2) is 113 Å². The van der Waals surface area contributed by atoms with Gasteiger partial charge in [-0.05, 0) is 87.8 Å². The van der Waals surface area contributed by atoms with E-state index in [2.05, 4.69) is 81.9 Å². The van der Waals surface area contributed by atoms with E-state index < -0.39 is 0 Å². The van der Waals surface area contributed by atoms with Gasteiger partial charge in [-0.2, -0.15) is 0 Å². The van der Waals surface area contributed by atoms with Gasteiger partial charge in [0.05, 0.1) is 22.8 Å². The fourth-order valence-corrected chi connectivity index (χ4v) is 6.16. The monoisotopic (exact) mass is 578 g/mol. The number of ether oxygens (including phenoxy) is 2. The summed E-state index contributed by atoms with van der Waals surface area (Å²) < 4.78 is 12.9. The van der Waals surface area contributed by atoms with Crippen molar-refractivity contribution >= 4 is 33.5 Å². The van der Waals surface area contributed by atoms with Crippen molar-refractivity contribution in [1.82, 2.24) is 0 Å². The number of anilines is 1. The van der Waals surface area contributed by atoms with Gasteiger partial charge < -0.3 is 14.8 Å². The van der Waals surface area contributed by atoms with Crippen molar-refractivity contribution in [3.05, 3.63) is 130 Å². The lowest BCUT2D eigenvalue weighted by atomic mass is 9.77. The van der Waals surface area contributed by atoms with Gasteiger partial charge in [0.25, 0.3) is 0 Å². The molecular weight excluding hydrogens is 548 g/mol. The minimum absolute atomic E-state index is 0.283. The molecule has 2 aliphatic rings. The highest BCUT2D eigenvalue weighted by atomic mass is 79.9. The van der Waals surface area contributed by atoms with Crippen LogP contribution in [0, 0.1) is 5.92 Å². The molecule has 0 amide bonds. The molecule has 6 rings (SSSR count). The summed E-state index contributed by atoms with van der Waals surface area (Å²) in [5.41, 5.74) is 6.89. The van der Waals surface area contributed by atoms with E-state index in [0.717, 1.165) is 27.7 Å². The van der Waals surface area contributed by atoms with E-state index in [4.69, 9.17) is 14.5 Å². The Kier molecular flexibility index (Phi) is 7.51. The average molecular weight is 580 g/mol. The van der Waals surface area contributed by atoms with Gasteiger partial charge in [-0.15, -0.1) is 0 Å². The number of nitrogens with one attached hydrogen (secondary N) is 1. The Morgan fingerprint density at radius 1 is 0.949 bits per heavy atom. The molecule has 39 heavy (non-hydrogen) atoms. The first-order chi connectivity index (χ1) is 19.2. The standard InChI is InChI=1S/C34H31BrN2O2/c1-2-38-32-20-24(19-30(35)34(32)39-22-23-9-4-3-5-10-23)21-36-26-17-15-25(16-18-26)33-29-13-8-12-27(29)28-11-6-7-14-31(28)37-33/h3-12,14-21,27,29,33,37H,2,13,22H2,1H3/t27-,29+,33+/m1/s1. The number of hydrogen-bond donors (Lipinski definition) is 1. The largest absolute Gasteiger partial charge is 0.490 e. The van der Waals surface area contributed by atoms with E-state index >= 15 is 0 Å². The van der Waals surface area contributed by atoms with Crippen LogP contribution in [0.4, 0.5) is 11.4 Å². The van der Waals surface area contributed by atoms with E-state index in [1.165, 1.54) is 16.8 Å². The fraction of sp³-hybridized carbons (Fsp3) is 0.206. The third-order valence-corrected chi connectivity index (χ3v) is 8.03. The highest BCUT2D eigenvalue weighted by Crippen LogP contribution is 2.49. The highest BCUT2D eigenvalue weighted by molar-refractivity contribution is 9.10. The molecular formula is C34H31BrN2O2. The number of halogens is 1. The molecule has 0 bridgehead atoms. The van der Waals surface area contributed by atoms with Gasteiger partial charge in [0, 0.05) is 17.8 Å². The Balaban J connectivity index is 1.18. The van der Waals surface area contributed by atoms with E-state index in [0.29, 0.717) is 36.5 Å². The molecule has 196 valence electrons. The maximum Gasteiger partial charge on any atom is 0.175 e. The van der Waals surface area contributed by atoms with Crippen LogP contribution in [0.3, 0.4) is 0 Å². The molecule has 0 unspecified atom stereocenters. The van der Waals surface area contributed by atoms with Gasteiger partial charge in [0.1, 0.15) is 6.61 Å². The van der Waals surface area contributed by atoms with E-state index in [9.17, 15) is 0 Å². The van der Waals surface area contributed by atoms with Crippen molar-refractivity contribution in [3.63, 3.8) is 0 Å². The quantitative estimate of drug-likeness (QED) is 0.167. The second-order valence-corrected chi connectivity index (χ2v) is 10.8. The van der Waals surface area contributed by atoms with E-state index in [-0.39, 0.29) is 6.04 Å². The molecule has 4 nitrogen and oxygen atoms in total. The lowest BCUT2D eigenvalue weighted by molar-refractivity contribution is 0.267. The zero-order valence-electron chi connectivity index (χ0n) is 21.9. The first-order valence-corrected chi connectivity index (χ1v) is 14.3. The van der Waals surface area contributed by atoms with Crippen molar-refractivity contribution in [2.75, 3.05) is 11.9 Å². The lowest BCUT2D eigenvalue weighted by Gasteiger charge is -2.37. The topological polar surface area (TPSA) is 42.8 Å². The molecule has 0 spiro atoms. The summed E-state index contributed by atoms with van der Waals surface area (Å²) in [7, 11) is 0. The van der Waals surface area contributed by atoms with Crippen molar-refractivity contribution < 1.29 is 9.47 Å². The second-order valence-electron chi connectivity index (χ2n) is 9.95. The Labute approximate surface area is 238 Å². The Hall–Kier alpha value is -3.83. The Morgan fingerprint density at radius 3 is 2.56 bits per heavy atom. The highest BCUT2D eigenvalue weighted by Gasteiger charge is 2.37. The Bertz CT molecular complexity index is 1500. The summed E-state index contributed by atoms with van der Waals surface area (Å²) in [6.07, 6.45) is 7.67. The molecule has 1 heterocycles. The van der Waals surface area contributed by atoms with Crippen molar-refractivity contribution in [3.8, 4) is 11.5 Å². The van der Waals surface area contributed by atoms with Gasteiger partial charge in [0.2, 0.25) is 0 Å². The summed E-state index contributed by atoms with van der Waals surface area (Å²) in [6.45, 7) is 2.99. The maximum absolute atomic E-state index is 6.12. The number of hydrogen-bond acceptors (Lipinski definition) is 4. The molecule has 5 heteroatoms. The third kappa shape index (κ3) is 5.50. The summed E-state index contributed by atoms with van der Waals surface area (Å²) in [5, 5.41) is 3.80. The zero-order chi connectivity index (χ0) is 26.6. The Morgan fingerprint density at radius 2 is 1.74 bits per heavy atom. The molecule has 1 aliphatic carbocycles. The van der Waals surface area contributed by atoms with Crippen molar-refractivity contribution in [2.45, 2.75) is 31.9 Å². The number of nitrogens with zero attached hydrogens (tertiary/aromatic N) is 1. The summed E-state index contributed by atoms with van der Waals surface area (Å²) in [5.74, 6) is 2.40. The lowest BCUT2D eigenvalue weighted by Crippen LogP contribution is -2.28. The smallest absolute Gasteiger partial charge is 0.175 e. The second kappa shape index (κ2) is 11.5. The van der Waals surface area contributed by atoms with E-state index in [1.54, 1.807) is 0 Å². The van der Waals surface area contributed by atoms with Crippen LogP contribution >= 0.6 is 15.9 Å². The number of rotatable bonds is 8. The van der Waals surface area contributed by atoms with Crippen LogP contribution in [0.2, 0.25) is 0 Å². The van der Waals surface area contributed by atoms with Gasteiger partial charge in [-0.3, -0.25) is 4.99 Å². The average Bonchev–Trinajstić information content (AvgIpc) is 3.47. The van der Waals surface area contributed by atoms with Gasteiger partial charge in [-0.25, -0.2) is 0 Å². The minimum atomic E-state index is 0.283. The predicted molar refractivity (Wildman–Crippen MR) is 163 cm³/mol. The SMILES string of the molecule is CCOc1cc(C=Nc2ccc([C@@H]3Nc4ccccc4[C@H]4C=CC[C@@H]43)cc2)cc(Br)c1OCc1ccccc1. The summed E-state index contributed by atoms with van der Waals surface area (Å²) in [4.78, 5) is 4.76. The fourth-order valence-electron chi connectivity index (χ4n) is 5.59. The van der Waals surface area contributed by atoms with Gasteiger partial charge >= 0.3 is 0 Å².